The highest BCUT2D eigenvalue weighted by atomic mass is 35.5. The number of benzene rings is 4. The molecule has 1 unspecified atom stereocenters. The van der Waals surface area contributed by atoms with Crippen molar-refractivity contribution < 1.29 is 9.53 Å². The fraction of sp³-hybridized carbons (Fsp3) is 0.184. The first-order chi connectivity index (χ1) is 21.5. The van der Waals surface area contributed by atoms with Gasteiger partial charge in [-0.05, 0) is 80.1 Å². The SMILES string of the molecule is Cc1c(C(=CC2(c3ccc(N(C)C)cc3)OC(=O)c3ccccc32)c2c(C)n(C)c3ccc(Cl)cc23)c2cc(Cl)ccc2n1C. The average molecular weight is 635 g/mol. The normalized spacial score (nSPS) is 15.9. The summed E-state index contributed by atoms with van der Waals surface area (Å²) in [6.45, 7) is 4.25. The number of ether oxygens (including phenoxy) is 1. The molecule has 3 heterocycles. The van der Waals surface area contributed by atoms with E-state index in [1.807, 2.05) is 62.6 Å². The van der Waals surface area contributed by atoms with E-state index in [0.29, 0.717) is 15.6 Å². The van der Waals surface area contributed by atoms with Crippen LogP contribution < -0.4 is 4.90 Å². The van der Waals surface area contributed by atoms with Crippen molar-refractivity contribution in [2.75, 3.05) is 19.0 Å². The molecule has 0 saturated carbocycles. The lowest BCUT2D eigenvalue weighted by molar-refractivity contribution is 0.0276. The molecule has 7 heteroatoms. The first kappa shape index (κ1) is 29.3. The van der Waals surface area contributed by atoms with Gasteiger partial charge < -0.3 is 18.8 Å². The lowest BCUT2D eigenvalue weighted by Gasteiger charge is -2.29. The molecule has 0 fully saturated rings. The van der Waals surface area contributed by atoms with Crippen LogP contribution in [0.5, 0.6) is 0 Å². The minimum absolute atomic E-state index is 0.353. The summed E-state index contributed by atoms with van der Waals surface area (Å²) in [7, 11) is 8.16. The number of hydrogen-bond acceptors (Lipinski definition) is 3. The predicted octanol–water partition coefficient (Wildman–Crippen LogP) is 9.21. The maximum Gasteiger partial charge on any atom is 0.340 e. The number of anilines is 1. The first-order valence-corrected chi connectivity index (χ1v) is 15.6. The molecule has 1 atom stereocenters. The molecule has 0 radical (unpaired) electrons. The number of carbonyl (C=O) groups is 1. The van der Waals surface area contributed by atoms with Crippen LogP contribution in [0.4, 0.5) is 5.69 Å². The summed E-state index contributed by atoms with van der Waals surface area (Å²) in [6, 6.07) is 27.9. The van der Waals surface area contributed by atoms with E-state index in [2.05, 4.69) is 84.5 Å². The largest absolute Gasteiger partial charge is 0.441 e. The zero-order valence-corrected chi connectivity index (χ0v) is 27.6. The number of halogens is 2. The van der Waals surface area contributed by atoms with Gasteiger partial charge in [0.1, 0.15) is 0 Å². The number of carbonyl (C=O) groups excluding carboxylic acids is 1. The number of esters is 1. The van der Waals surface area contributed by atoms with Crippen LogP contribution in [0.1, 0.15) is 44.0 Å². The zero-order chi connectivity index (χ0) is 31.8. The van der Waals surface area contributed by atoms with Crippen LogP contribution in [-0.4, -0.2) is 29.2 Å². The van der Waals surface area contributed by atoms with E-state index in [0.717, 1.165) is 66.7 Å². The summed E-state index contributed by atoms with van der Waals surface area (Å²) in [6.07, 6.45) is 2.15. The zero-order valence-electron chi connectivity index (χ0n) is 26.1. The average Bonchev–Trinajstić information content (AvgIpc) is 3.55. The quantitative estimate of drug-likeness (QED) is 0.178. The van der Waals surface area contributed by atoms with E-state index in [-0.39, 0.29) is 5.97 Å². The van der Waals surface area contributed by atoms with Crippen molar-refractivity contribution in [2.45, 2.75) is 19.4 Å². The van der Waals surface area contributed by atoms with Gasteiger partial charge in [-0.3, -0.25) is 0 Å². The summed E-state index contributed by atoms with van der Waals surface area (Å²) in [5.41, 5.74) is 9.29. The highest BCUT2D eigenvalue weighted by Crippen LogP contribution is 2.49. The number of aromatic nitrogens is 2. The van der Waals surface area contributed by atoms with Gasteiger partial charge in [0.05, 0.1) is 5.56 Å². The second-order valence-electron chi connectivity index (χ2n) is 12.0. The van der Waals surface area contributed by atoms with Crippen molar-refractivity contribution in [2.24, 2.45) is 14.1 Å². The molecule has 0 amide bonds. The third-order valence-corrected chi connectivity index (χ3v) is 9.88. The molecule has 5 nitrogen and oxygen atoms in total. The molecule has 226 valence electrons. The molecule has 4 aromatic carbocycles. The van der Waals surface area contributed by atoms with Gasteiger partial charge in [-0.1, -0.05) is 53.5 Å². The second-order valence-corrected chi connectivity index (χ2v) is 12.9. The summed E-state index contributed by atoms with van der Waals surface area (Å²) in [5, 5.41) is 3.34. The van der Waals surface area contributed by atoms with Crippen molar-refractivity contribution in [3.63, 3.8) is 0 Å². The lowest BCUT2D eigenvalue weighted by Crippen LogP contribution is -2.26. The van der Waals surface area contributed by atoms with Gasteiger partial charge in [0.2, 0.25) is 0 Å². The number of fused-ring (bicyclic) bond motifs is 3. The number of rotatable bonds is 5. The molecule has 6 aromatic rings. The maximum atomic E-state index is 13.6. The van der Waals surface area contributed by atoms with Crippen molar-refractivity contribution >= 4 is 62.2 Å². The predicted molar refractivity (Wildman–Crippen MR) is 186 cm³/mol. The molecular formula is C38H33Cl2N3O2. The van der Waals surface area contributed by atoms with Gasteiger partial charge in [0.15, 0.2) is 5.60 Å². The fourth-order valence-corrected chi connectivity index (χ4v) is 7.24. The van der Waals surface area contributed by atoms with E-state index in [1.165, 1.54) is 0 Å². The first-order valence-electron chi connectivity index (χ1n) is 14.8. The van der Waals surface area contributed by atoms with Crippen LogP contribution in [-0.2, 0) is 24.4 Å². The monoisotopic (exact) mass is 633 g/mol. The van der Waals surface area contributed by atoms with E-state index < -0.39 is 5.60 Å². The van der Waals surface area contributed by atoms with Crippen LogP contribution in [0.25, 0.3) is 27.4 Å². The molecule has 1 aliphatic rings. The van der Waals surface area contributed by atoms with Crippen molar-refractivity contribution in [3.05, 3.63) is 140 Å². The molecule has 2 aromatic heterocycles. The minimum atomic E-state index is -1.20. The molecule has 0 saturated heterocycles. The van der Waals surface area contributed by atoms with Gasteiger partial charge in [-0.15, -0.1) is 0 Å². The highest BCUT2D eigenvalue weighted by molar-refractivity contribution is 6.32. The molecule has 0 aliphatic carbocycles. The Morgan fingerprint density at radius 3 is 1.84 bits per heavy atom. The van der Waals surface area contributed by atoms with Gasteiger partial charge >= 0.3 is 5.97 Å². The summed E-state index contributed by atoms with van der Waals surface area (Å²) >= 11 is 13.3. The van der Waals surface area contributed by atoms with Gasteiger partial charge in [0, 0.05) is 99.4 Å². The smallest absolute Gasteiger partial charge is 0.340 e. The topological polar surface area (TPSA) is 39.4 Å². The minimum Gasteiger partial charge on any atom is -0.441 e. The fourth-order valence-electron chi connectivity index (χ4n) is 6.89. The number of hydrogen-bond donors (Lipinski definition) is 0. The Morgan fingerprint density at radius 1 is 0.778 bits per heavy atom. The lowest BCUT2D eigenvalue weighted by atomic mass is 9.81. The maximum absolute atomic E-state index is 13.6. The second kappa shape index (κ2) is 10.6. The highest BCUT2D eigenvalue weighted by Gasteiger charge is 2.46. The Kier molecular flexibility index (Phi) is 6.88. The van der Waals surface area contributed by atoms with Crippen LogP contribution in [0.15, 0.2) is 91.0 Å². The standard InChI is InChI=1S/C38H33Cl2N3O2/c1-22-35(29-19-25(39)13-17-33(29)42(22)5)31(36-23(2)43(6)34-18-14-26(40)20-30(34)36)21-38(24-11-15-27(16-12-24)41(3)4)32-10-8-7-9-28(32)37(44)45-38/h7-21H,1-6H3. The summed E-state index contributed by atoms with van der Waals surface area (Å²) in [4.78, 5) is 15.7. The Bertz CT molecular complexity index is 2110. The summed E-state index contributed by atoms with van der Waals surface area (Å²) in [5.74, 6) is -0.353. The third-order valence-electron chi connectivity index (χ3n) is 9.41. The Labute approximate surface area is 272 Å². The molecule has 0 N–H and O–H groups in total. The molecule has 0 spiro atoms. The van der Waals surface area contributed by atoms with E-state index >= 15 is 0 Å². The molecule has 0 bridgehead atoms. The van der Waals surface area contributed by atoms with Gasteiger partial charge in [-0.2, -0.15) is 0 Å². The van der Waals surface area contributed by atoms with E-state index in [1.54, 1.807) is 0 Å². The van der Waals surface area contributed by atoms with Crippen molar-refractivity contribution in [3.8, 4) is 0 Å². The van der Waals surface area contributed by atoms with E-state index in [4.69, 9.17) is 27.9 Å². The van der Waals surface area contributed by atoms with Crippen molar-refractivity contribution in [1.82, 2.24) is 9.13 Å². The van der Waals surface area contributed by atoms with Gasteiger partial charge in [0.25, 0.3) is 0 Å². The molecule has 45 heavy (non-hydrogen) atoms. The van der Waals surface area contributed by atoms with Crippen LogP contribution in [0.3, 0.4) is 0 Å². The Morgan fingerprint density at radius 2 is 1.31 bits per heavy atom. The van der Waals surface area contributed by atoms with Crippen LogP contribution in [0.2, 0.25) is 10.0 Å². The number of aryl methyl sites for hydroxylation is 2. The van der Waals surface area contributed by atoms with Gasteiger partial charge in [-0.25, -0.2) is 4.79 Å². The van der Waals surface area contributed by atoms with Crippen molar-refractivity contribution in [1.29, 1.82) is 0 Å². The Hall–Kier alpha value is -4.45. The number of cyclic esters (lactones) is 1. The van der Waals surface area contributed by atoms with Crippen LogP contribution >= 0.6 is 23.2 Å². The Balaban J connectivity index is 1.66. The molecular weight excluding hydrogens is 601 g/mol. The summed E-state index contributed by atoms with van der Waals surface area (Å²) < 4.78 is 10.9. The molecule has 7 rings (SSSR count). The molecule has 1 aliphatic heterocycles. The van der Waals surface area contributed by atoms with E-state index in [9.17, 15) is 4.79 Å². The van der Waals surface area contributed by atoms with Crippen LogP contribution in [0, 0.1) is 13.8 Å². The third kappa shape index (κ3) is 4.40. The number of nitrogens with zero attached hydrogens (tertiary/aromatic N) is 3.